The largest absolute Gasteiger partial charge is 0.465 e. The highest BCUT2D eigenvalue weighted by Gasteiger charge is 2.32. The van der Waals surface area contributed by atoms with Crippen molar-refractivity contribution in [2.24, 2.45) is 11.7 Å². The second kappa shape index (κ2) is 6.21. The summed E-state index contributed by atoms with van der Waals surface area (Å²) in [7, 11) is -2.50. The summed E-state index contributed by atoms with van der Waals surface area (Å²) in [4.78, 5) is 11.7. The first-order chi connectivity index (χ1) is 9.49. The van der Waals surface area contributed by atoms with Crippen molar-refractivity contribution in [3.63, 3.8) is 0 Å². The van der Waals surface area contributed by atoms with E-state index in [1.807, 2.05) is 0 Å². The summed E-state index contributed by atoms with van der Waals surface area (Å²) < 4.78 is 32.1. The zero-order chi connectivity index (χ0) is 14.8. The fraction of sp³-hybridized carbons (Fsp3) is 0.583. The number of nitrogens with two attached hydrogens (primary N) is 1. The van der Waals surface area contributed by atoms with Gasteiger partial charge in [0.1, 0.15) is 9.77 Å². The van der Waals surface area contributed by atoms with Gasteiger partial charge < -0.3 is 10.5 Å². The molecule has 2 rings (SSSR count). The monoisotopic (exact) mass is 318 g/mol. The molecule has 1 fully saturated rings. The summed E-state index contributed by atoms with van der Waals surface area (Å²) in [5.41, 5.74) is 5.65. The Kier molecular flexibility index (Phi) is 4.79. The molecule has 20 heavy (non-hydrogen) atoms. The van der Waals surface area contributed by atoms with Gasteiger partial charge in [-0.2, -0.15) is 0 Å². The maximum atomic E-state index is 12.4. The van der Waals surface area contributed by atoms with Crippen molar-refractivity contribution >= 4 is 27.3 Å². The Balaban J connectivity index is 2.23. The molecule has 3 N–H and O–H groups in total. The van der Waals surface area contributed by atoms with Gasteiger partial charge in [0.05, 0.1) is 7.11 Å². The maximum absolute atomic E-state index is 12.4. The van der Waals surface area contributed by atoms with Crippen molar-refractivity contribution in [3.05, 3.63) is 16.3 Å². The van der Waals surface area contributed by atoms with Crippen molar-refractivity contribution in [3.8, 4) is 0 Å². The van der Waals surface area contributed by atoms with E-state index in [4.69, 9.17) is 5.73 Å². The summed E-state index contributed by atoms with van der Waals surface area (Å²) in [6.07, 6.45) is 2.67. The molecular weight excluding hydrogens is 300 g/mol. The quantitative estimate of drug-likeness (QED) is 0.787. The molecule has 1 aromatic rings. The maximum Gasteiger partial charge on any atom is 0.349 e. The minimum absolute atomic E-state index is 0.0166. The molecule has 1 aliphatic carbocycles. The van der Waals surface area contributed by atoms with Crippen LogP contribution >= 0.6 is 11.3 Å². The van der Waals surface area contributed by atoms with Gasteiger partial charge in [-0.15, -0.1) is 11.3 Å². The average molecular weight is 318 g/mol. The van der Waals surface area contributed by atoms with Crippen LogP contribution in [0.1, 0.15) is 28.9 Å². The number of hydrogen-bond acceptors (Lipinski definition) is 6. The molecule has 0 aromatic carbocycles. The third kappa shape index (κ3) is 3.03. The molecule has 1 heterocycles. The summed E-state index contributed by atoms with van der Waals surface area (Å²) in [6, 6.07) is 1.27. The first-order valence-electron chi connectivity index (χ1n) is 6.37. The van der Waals surface area contributed by atoms with Crippen LogP contribution in [0, 0.1) is 5.92 Å². The fourth-order valence-electron chi connectivity index (χ4n) is 2.49. The summed E-state index contributed by atoms with van der Waals surface area (Å²) in [5.74, 6) is -0.479. The SMILES string of the molecule is COC(=O)c1sccc1S(=O)(=O)NC1CCCC1CN. The van der Waals surface area contributed by atoms with Crippen LogP contribution in [0.3, 0.4) is 0 Å². The highest BCUT2D eigenvalue weighted by molar-refractivity contribution is 7.89. The lowest BCUT2D eigenvalue weighted by Gasteiger charge is -2.19. The molecule has 0 saturated heterocycles. The van der Waals surface area contributed by atoms with Gasteiger partial charge in [0.15, 0.2) is 0 Å². The molecule has 0 spiro atoms. The summed E-state index contributed by atoms with van der Waals surface area (Å²) >= 11 is 1.06. The Morgan fingerprint density at radius 3 is 2.95 bits per heavy atom. The molecule has 0 aliphatic heterocycles. The van der Waals surface area contributed by atoms with Crippen LogP contribution in [-0.4, -0.2) is 34.1 Å². The van der Waals surface area contributed by atoms with E-state index in [0.29, 0.717) is 6.54 Å². The Hall–Kier alpha value is -0.960. The third-order valence-electron chi connectivity index (χ3n) is 3.56. The molecule has 2 unspecified atom stereocenters. The van der Waals surface area contributed by atoms with Crippen molar-refractivity contribution in [1.82, 2.24) is 4.72 Å². The number of carbonyl (C=O) groups is 1. The number of thiophene rings is 1. The number of carbonyl (C=O) groups excluding carboxylic acids is 1. The smallest absolute Gasteiger partial charge is 0.349 e. The van der Waals surface area contributed by atoms with E-state index in [1.165, 1.54) is 13.2 Å². The second-order valence-electron chi connectivity index (χ2n) is 4.76. The van der Waals surface area contributed by atoms with E-state index < -0.39 is 16.0 Å². The molecule has 112 valence electrons. The summed E-state index contributed by atoms with van der Waals surface area (Å²) in [5, 5.41) is 1.57. The van der Waals surface area contributed by atoms with Gasteiger partial charge >= 0.3 is 5.97 Å². The number of esters is 1. The normalized spacial score (nSPS) is 22.9. The van der Waals surface area contributed by atoms with Crippen molar-refractivity contribution in [2.45, 2.75) is 30.2 Å². The molecule has 0 bridgehead atoms. The first-order valence-corrected chi connectivity index (χ1v) is 8.74. The first kappa shape index (κ1) is 15.4. The lowest BCUT2D eigenvalue weighted by atomic mass is 10.1. The molecular formula is C12H18N2O4S2. The average Bonchev–Trinajstić information content (AvgIpc) is 3.05. The van der Waals surface area contributed by atoms with E-state index in [2.05, 4.69) is 9.46 Å². The van der Waals surface area contributed by atoms with Crippen LogP contribution in [-0.2, 0) is 14.8 Å². The predicted molar refractivity (Wildman–Crippen MR) is 76.2 cm³/mol. The Bertz CT molecular complexity index is 582. The van der Waals surface area contributed by atoms with Crippen molar-refractivity contribution in [1.29, 1.82) is 0 Å². The number of sulfonamides is 1. The lowest BCUT2D eigenvalue weighted by Crippen LogP contribution is -2.40. The molecule has 6 nitrogen and oxygen atoms in total. The van der Waals surface area contributed by atoms with E-state index >= 15 is 0 Å². The molecule has 1 aromatic heterocycles. The Morgan fingerprint density at radius 1 is 1.55 bits per heavy atom. The van der Waals surface area contributed by atoms with Crippen LogP contribution in [0.4, 0.5) is 0 Å². The molecule has 2 atom stereocenters. The highest BCUT2D eigenvalue weighted by atomic mass is 32.2. The minimum atomic E-state index is -3.73. The van der Waals surface area contributed by atoms with Crippen molar-refractivity contribution in [2.75, 3.05) is 13.7 Å². The van der Waals surface area contributed by atoms with Crippen LogP contribution in [0.5, 0.6) is 0 Å². The highest BCUT2D eigenvalue weighted by Crippen LogP contribution is 2.28. The van der Waals surface area contributed by atoms with Gasteiger partial charge in [-0.05, 0) is 36.8 Å². The van der Waals surface area contributed by atoms with Gasteiger partial charge in [-0.1, -0.05) is 6.42 Å². The number of ether oxygens (including phenoxy) is 1. The molecule has 1 saturated carbocycles. The number of hydrogen-bond donors (Lipinski definition) is 2. The molecule has 8 heteroatoms. The van der Waals surface area contributed by atoms with Crippen LogP contribution in [0.15, 0.2) is 16.3 Å². The molecule has 0 amide bonds. The number of methoxy groups -OCH3 is 1. The predicted octanol–water partition coefficient (Wildman–Crippen LogP) is 0.940. The minimum Gasteiger partial charge on any atom is -0.465 e. The number of rotatable bonds is 5. The van der Waals surface area contributed by atoms with E-state index in [1.54, 1.807) is 5.38 Å². The lowest BCUT2D eigenvalue weighted by molar-refractivity contribution is 0.0602. The van der Waals surface area contributed by atoms with E-state index in [0.717, 1.165) is 30.6 Å². The molecule has 0 radical (unpaired) electrons. The summed E-state index contributed by atoms with van der Waals surface area (Å²) in [6.45, 7) is 0.459. The van der Waals surface area contributed by atoms with Gasteiger partial charge in [0.25, 0.3) is 0 Å². The van der Waals surface area contributed by atoms with Gasteiger partial charge in [0.2, 0.25) is 10.0 Å². The van der Waals surface area contributed by atoms with Crippen LogP contribution < -0.4 is 10.5 Å². The van der Waals surface area contributed by atoms with Crippen LogP contribution in [0.25, 0.3) is 0 Å². The Morgan fingerprint density at radius 2 is 2.30 bits per heavy atom. The van der Waals surface area contributed by atoms with Gasteiger partial charge in [-0.25, -0.2) is 17.9 Å². The number of nitrogens with one attached hydrogen (secondary N) is 1. The van der Waals surface area contributed by atoms with Crippen molar-refractivity contribution < 1.29 is 17.9 Å². The van der Waals surface area contributed by atoms with Gasteiger partial charge in [0, 0.05) is 6.04 Å². The van der Waals surface area contributed by atoms with E-state index in [9.17, 15) is 13.2 Å². The topological polar surface area (TPSA) is 98.5 Å². The Labute approximate surface area is 122 Å². The molecule has 1 aliphatic rings. The van der Waals surface area contributed by atoms with E-state index in [-0.39, 0.29) is 21.7 Å². The second-order valence-corrected chi connectivity index (χ2v) is 7.36. The van der Waals surface area contributed by atoms with Crippen LogP contribution in [0.2, 0.25) is 0 Å². The zero-order valence-corrected chi connectivity index (χ0v) is 12.8. The third-order valence-corrected chi connectivity index (χ3v) is 6.11. The fourth-order valence-corrected chi connectivity index (χ4v) is 5.16. The standard InChI is InChI=1S/C12H18N2O4S2/c1-18-12(15)11-10(5-6-19-11)20(16,17)14-9-4-2-3-8(9)7-13/h5-6,8-9,14H,2-4,7,13H2,1H3. The zero-order valence-electron chi connectivity index (χ0n) is 11.2. The van der Waals surface area contributed by atoms with Gasteiger partial charge in [-0.3, -0.25) is 0 Å².